The van der Waals surface area contributed by atoms with E-state index >= 15 is 0 Å². The molecule has 0 radical (unpaired) electrons. The zero-order valence-corrected chi connectivity index (χ0v) is 21.5. The number of thioether (sulfide) groups is 1. The Morgan fingerprint density at radius 1 is 1.27 bits per heavy atom. The number of ether oxygens (including phenoxy) is 1. The van der Waals surface area contributed by atoms with Crippen LogP contribution in [0.25, 0.3) is 0 Å². The normalized spacial score (nSPS) is 25.4. The SMILES string of the molecule is Cc1c([C@H]2CN3CCN(C(=O)C4CCc5cc(N=CN=NN)ncc54)C[C@H]3CS2)ccc2c1COC2=O. The summed E-state index contributed by atoms with van der Waals surface area (Å²) in [5, 5.41) is 7.04. The quantitative estimate of drug-likeness (QED) is 0.164. The van der Waals surface area contributed by atoms with Gasteiger partial charge in [0.1, 0.15) is 12.9 Å². The molecule has 192 valence electrons. The lowest BCUT2D eigenvalue weighted by Gasteiger charge is -2.46. The molecule has 1 unspecified atom stereocenters. The van der Waals surface area contributed by atoms with Crippen LogP contribution in [0, 0.1) is 6.92 Å². The van der Waals surface area contributed by atoms with Crippen molar-refractivity contribution in [1.29, 1.82) is 0 Å². The number of aliphatic imine (C=N–C) groups is 1. The molecule has 4 heterocycles. The van der Waals surface area contributed by atoms with Gasteiger partial charge in [-0.15, -0.1) is 5.11 Å². The van der Waals surface area contributed by atoms with Crippen molar-refractivity contribution >= 4 is 35.8 Å². The van der Waals surface area contributed by atoms with Gasteiger partial charge in [0.25, 0.3) is 0 Å². The largest absolute Gasteiger partial charge is 0.457 e. The Kier molecular flexibility index (Phi) is 6.41. The van der Waals surface area contributed by atoms with Gasteiger partial charge in [0.05, 0.1) is 11.5 Å². The van der Waals surface area contributed by atoms with Crippen molar-refractivity contribution in [3.8, 4) is 0 Å². The van der Waals surface area contributed by atoms with E-state index in [1.54, 1.807) is 6.20 Å². The molecule has 1 aromatic carbocycles. The highest BCUT2D eigenvalue weighted by molar-refractivity contribution is 7.99. The summed E-state index contributed by atoms with van der Waals surface area (Å²) in [6.45, 7) is 5.81. The predicted octanol–water partition coefficient (Wildman–Crippen LogP) is 3.08. The molecular weight excluding hydrogens is 490 g/mol. The van der Waals surface area contributed by atoms with Crippen LogP contribution in [-0.4, -0.2) is 71.0 Å². The molecule has 10 nitrogen and oxygen atoms in total. The number of carbonyl (C=O) groups is 2. The minimum atomic E-state index is -0.216. The van der Waals surface area contributed by atoms with Crippen molar-refractivity contribution in [3.05, 3.63) is 57.8 Å². The van der Waals surface area contributed by atoms with Gasteiger partial charge in [-0.3, -0.25) is 9.69 Å². The molecule has 1 aliphatic carbocycles. The molecule has 6 rings (SSSR count). The number of aromatic nitrogens is 1. The standard InChI is InChI=1S/C26H29N7O3S/c1-15-18(4-5-20-22(15)12-36-26(20)35)23-11-32-6-7-33(10-17(32)13-37-23)25(34)19-3-2-16-8-24(28-9-21(16)19)29-14-30-31-27/h4-5,8-9,14,17,19,23H,2-3,6-7,10-13H2,1H3,(H2,27,28,29,30)/t17-,19?,23+/m0/s1. The lowest BCUT2D eigenvalue weighted by Crippen LogP contribution is -2.58. The summed E-state index contributed by atoms with van der Waals surface area (Å²) >= 11 is 1.96. The van der Waals surface area contributed by atoms with E-state index in [2.05, 4.69) is 43.1 Å². The number of carbonyl (C=O) groups excluding carboxylic acids is 2. The van der Waals surface area contributed by atoms with Gasteiger partial charge < -0.3 is 15.5 Å². The molecule has 2 aromatic rings. The maximum absolute atomic E-state index is 13.6. The van der Waals surface area contributed by atoms with Crippen molar-refractivity contribution in [2.75, 3.05) is 31.9 Å². The topological polar surface area (TPSA) is 126 Å². The van der Waals surface area contributed by atoms with E-state index < -0.39 is 0 Å². The number of aryl methyl sites for hydroxylation is 1. The average molecular weight is 520 g/mol. The molecule has 11 heteroatoms. The van der Waals surface area contributed by atoms with Crippen molar-refractivity contribution in [3.63, 3.8) is 0 Å². The number of fused-ring (bicyclic) bond motifs is 3. The first kappa shape index (κ1) is 24.1. The van der Waals surface area contributed by atoms with Crippen LogP contribution >= 0.6 is 11.8 Å². The highest BCUT2D eigenvalue weighted by Gasteiger charge is 2.39. The molecule has 2 saturated heterocycles. The number of nitrogens with zero attached hydrogens (tertiary/aromatic N) is 6. The Morgan fingerprint density at radius 3 is 3.03 bits per heavy atom. The minimum absolute atomic E-state index is 0.140. The highest BCUT2D eigenvalue weighted by atomic mass is 32.2. The van der Waals surface area contributed by atoms with E-state index in [4.69, 9.17) is 10.6 Å². The van der Waals surface area contributed by atoms with Crippen LogP contribution < -0.4 is 5.84 Å². The Hall–Kier alpha value is -3.31. The molecule has 1 aromatic heterocycles. The first-order chi connectivity index (χ1) is 18.0. The fourth-order valence-corrected chi connectivity index (χ4v) is 7.53. The number of piperazine rings is 1. The Morgan fingerprint density at radius 2 is 2.16 bits per heavy atom. The third kappa shape index (κ3) is 4.40. The van der Waals surface area contributed by atoms with Crippen molar-refractivity contribution < 1.29 is 14.3 Å². The van der Waals surface area contributed by atoms with Gasteiger partial charge in [-0.1, -0.05) is 11.3 Å². The van der Waals surface area contributed by atoms with Crippen molar-refractivity contribution in [2.24, 2.45) is 21.2 Å². The number of hydrogen-bond donors (Lipinski definition) is 1. The van der Waals surface area contributed by atoms with E-state index in [1.807, 2.05) is 23.9 Å². The summed E-state index contributed by atoms with van der Waals surface area (Å²) in [5.41, 5.74) is 6.35. The van der Waals surface area contributed by atoms with Gasteiger partial charge in [0, 0.05) is 55.0 Å². The molecule has 2 fully saturated rings. The molecule has 0 saturated carbocycles. The summed E-state index contributed by atoms with van der Waals surface area (Å²) < 4.78 is 5.24. The summed E-state index contributed by atoms with van der Waals surface area (Å²) in [7, 11) is 0. The van der Waals surface area contributed by atoms with Crippen LogP contribution in [0.2, 0.25) is 0 Å². The lowest BCUT2D eigenvalue weighted by atomic mass is 9.95. The van der Waals surface area contributed by atoms with Crippen molar-refractivity contribution in [2.45, 2.75) is 43.6 Å². The van der Waals surface area contributed by atoms with E-state index in [1.165, 1.54) is 17.5 Å². The van der Waals surface area contributed by atoms with Gasteiger partial charge >= 0.3 is 5.97 Å². The fraction of sp³-hybridized carbons (Fsp3) is 0.462. The van der Waals surface area contributed by atoms with E-state index in [9.17, 15) is 9.59 Å². The molecule has 37 heavy (non-hydrogen) atoms. The summed E-state index contributed by atoms with van der Waals surface area (Å²) in [6.07, 6.45) is 4.69. The van der Waals surface area contributed by atoms with Crippen LogP contribution in [0.5, 0.6) is 0 Å². The average Bonchev–Trinajstić information content (AvgIpc) is 3.52. The molecule has 2 N–H and O–H groups in total. The first-order valence-electron chi connectivity index (χ1n) is 12.6. The van der Waals surface area contributed by atoms with Gasteiger partial charge in [-0.2, -0.15) is 11.8 Å². The monoisotopic (exact) mass is 519 g/mol. The minimum Gasteiger partial charge on any atom is -0.457 e. The molecule has 3 atom stereocenters. The molecule has 0 bridgehead atoms. The number of benzene rings is 1. The maximum atomic E-state index is 13.6. The number of nitrogens with two attached hydrogens (primary N) is 1. The van der Waals surface area contributed by atoms with Crippen LogP contribution in [0.15, 0.2) is 39.7 Å². The Balaban J connectivity index is 1.10. The number of cyclic esters (lactones) is 1. The van der Waals surface area contributed by atoms with E-state index in [0.717, 1.165) is 61.5 Å². The number of rotatable bonds is 4. The maximum Gasteiger partial charge on any atom is 0.338 e. The van der Waals surface area contributed by atoms with E-state index in [0.29, 0.717) is 29.3 Å². The van der Waals surface area contributed by atoms with E-state index in [-0.39, 0.29) is 17.8 Å². The Bertz CT molecular complexity index is 1310. The smallest absolute Gasteiger partial charge is 0.338 e. The van der Waals surface area contributed by atoms with Crippen LogP contribution in [0.1, 0.15) is 55.8 Å². The second-order valence-corrected chi connectivity index (χ2v) is 11.2. The molecule has 3 aliphatic heterocycles. The van der Waals surface area contributed by atoms with Gasteiger partial charge in [-0.05, 0) is 54.2 Å². The lowest BCUT2D eigenvalue weighted by molar-refractivity contribution is -0.135. The second-order valence-electron chi connectivity index (χ2n) is 9.95. The zero-order chi connectivity index (χ0) is 25.5. The summed E-state index contributed by atoms with van der Waals surface area (Å²) in [6, 6.07) is 6.30. The molecule has 4 aliphatic rings. The highest BCUT2D eigenvalue weighted by Crippen LogP contribution is 2.41. The molecular formula is C26H29N7O3S. The Labute approximate surface area is 219 Å². The number of amides is 1. The van der Waals surface area contributed by atoms with Crippen molar-refractivity contribution in [1.82, 2.24) is 14.8 Å². The van der Waals surface area contributed by atoms with Gasteiger partial charge in [0.2, 0.25) is 5.91 Å². The van der Waals surface area contributed by atoms with Gasteiger partial charge in [0.15, 0.2) is 5.82 Å². The molecule has 1 amide bonds. The van der Waals surface area contributed by atoms with Crippen LogP contribution in [0.3, 0.4) is 0 Å². The van der Waals surface area contributed by atoms with Crippen LogP contribution in [-0.2, 0) is 22.6 Å². The molecule has 0 spiro atoms. The number of pyridine rings is 1. The zero-order valence-electron chi connectivity index (χ0n) is 20.7. The first-order valence-corrected chi connectivity index (χ1v) is 13.6. The summed E-state index contributed by atoms with van der Waals surface area (Å²) in [5.74, 6) is 6.36. The summed E-state index contributed by atoms with van der Waals surface area (Å²) in [4.78, 5) is 38.6. The second kappa shape index (κ2) is 9.86. The third-order valence-electron chi connectivity index (χ3n) is 8.06. The fourth-order valence-electron chi connectivity index (χ4n) is 6.03. The van der Waals surface area contributed by atoms with Crippen LogP contribution in [0.4, 0.5) is 5.82 Å². The number of hydrogen-bond acceptors (Lipinski definition) is 8. The van der Waals surface area contributed by atoms with Gasteiger partial charge in [-0.25, -0.2) is 14.8 Å². The number of esters is 1. The third-order valence-corrected chi connectivity index (χ3v) is 9.44. The predicted molar refractivity (Wildman–Crippen MR) is 140 cm³/mol.